The van der Waals surface area contributed by atoms with Crippen LogP contribution in [0.4, 0.5) is 0 Å². The van der Waals surface area contributed by atoms with Gasteiger partial charge in [0.05, 0.1) is 5.52 Å². The molecule has 2 aromatic heterocycles. The molecule has 1 aliphatic heterocycles. The maximum Gasteiger partial charge on any atom is 0.253 e. The van der Waals surface area contributed by atoms with E-state index in [1.165, 1.54) is 17.1 Å². The lowest BCUT2D eigenvalue weighted by molar-refractivity contribution is -0.697. The molecule has 4 rings (SSSR count). The van der Waals surface area contributed by atoms with Crippen molar-refractivity contribution >= 4 is 34.9 Å². The van der Waals surface area contributed by atoms with Crippen LogP contribution in [0.15, 0.2) is 73.2 Å². The van der Waals surface area contributed by atoms with Crippen LogP contribution in [-0.4, -0.2) is 28.2 Å². The Labute approximate surface area is 163 Å². The van der Waals surface area contributed by atoms with Crippen LogP contribution in [-0.2, 0) is 16.1 Å². The van der Waals surface area contributed by atoms with E-state index in [1.807, 2.05) is 55.0 Å². The third-order valence-corrected chi connectivity index (χ3v) is 4.75. The molecule has 0 fully saturated rings. The van der Waals surface area contributed by atoms with E-state index < -0.39 is 0 Å². The SMILES string of the molecule is O=C1C=CC(=O)N1CCC[n+]1ccc(/C=C/c2ccnc3ccccc23)cc1. The van der Waals surface area contributed by atoms with Crippen molar-refractivity contribution in [1.29, 1.82) is 0 Å². The number of fused-ring (bicyclic) bond motifs is 1. The molecule has 0 N–H and O–H groups in total. The van der Waals surface area contributed by atoms with Crippen LogP contribution < -0.4 is 4.57 Å². The van der Waals surface area contributed by atoms with Crippen LogP contribution in [0.2, 0.25) is 0 Å². The van der Waals surface area contributed by atoms with Gasteiger partial charge >= 0.3 is 0 Å². The van der Waals surface area contributed by atoms with Gasteiger partial charge in [-0.15, -0.1) is 0 Å². The van der Waals surface area contributed by atoms with E-state index in [-0.39, 0.29) is 11.8 Å². The molecule has 0 atom stereocenters. The molecule has 0 radical (unpaired) electrons. The monoisotopic (exact) mass is 370 g/mol. The van der Waals surface area contributed by atoms with Crippen LogP contribution in [0.3, 0.4) is 0 Å². The average molecular weight is 370 g/mol. The predicted octanol–water partition coefficient (Wildman–Crippen LogP) is 3.01. The maximum atomic E-state index is 11.5. The third-order valence-electron chi connectivity index (χ3n) is 4.75. The molecule has 3 heterocycles. The van der Waals surface area contributed by atoms with Crippen LogP contribution in [0, 0.1) is 0 Å². The molecular formula is C23H20N3O2+. The van der Waals surface area contributed by atoms with Crippen LogP contribution >= 0.6 is 0 Å². The third kappa shape index (κ3) is 3.88. The molecule has 138 valence electrons. The number of amides is 2. The summed E-state index contributed by atoms with van der Waals surface area (Å²) in [7, 11) is 0. The highest BCUT2D eigenvalue weighted by atomic mass is 16.2. The number of para-hydroxylation sites is 1. The normalized spacial score (nSPS) is 13.9. The zero-order chi connectivity index (χ0) is 19.3. The molecule has 0 saturated carbocycles. The number of imide groups is 1. The Morgan fingerprint density at radius 1 is 0.929 bits per heavy atom. The van der Waals surface area contributed by atoms with Crippen molar-refractivity contribution in [2.24, 2.45) is 0 Å². The molecule has 1 aromatic carbocycles. The summed E-state index contributed by atoms with van der Waals surface area (Å²) in [5.41, 5.74) is 3.22. The first-order valence-corrected chi connectivity index (χ1v) is 9.25. The summed E-state index contributed by atoms with van der Waals surface area (Å²) < 4.78 is 2.05. The number of carbonyl (C=O) groups is 2. The highest BCUT2D eigenvalue weighted by Gasteiger charge is 2.22. The summed E-state index contributed by atoms with van der Waals surface area (Å²) in [6.45, 7) is 1.19. The zero-order valence-corrected chi connectivity index (χ0v) is 15.4. The van der Waals surface area contributed by atoms with Gasteiger partial charge in [0.2, 0.25) is 0 Å². The Morgan fingerprint density at radius 3 is 2.46 bits per heavy atom. The van der Waals surface area contributed by atoms with Crippen molar-refractivity contribution in [3.63, 3.8) is 0 Å². The van der Waals surface area contributed by atoms with Gasteiger partial charge in [-0.05, 0) is 23.3 Å². The predicted molar refractivity (Wildman–Crippen MR) is 108 cm³/mol. The average Bonchev–Trinajstić information content (AvgIpc) is 3.05. The number of nitrogens with zero attached hydrogens (tertiary/aromatic N) is 3. The first-order valence-electron chi connectivity index (χ1n) is 9.25. The number of hydrogen-bond donors (Lipinski definition) is 0. The van der Waals surface area contributed by atoms with Crippen molar-refractivity contribution in [1.82, 2.24) is 9.88 Å². The van der Waals surface area contributed by atoms with Gasteiger partial charge in [0.15, 0.2) is 12.4 Å². The van der Waals surface area contributed by atoms with Crippen molar-refractivity contribution in [3.05, 3.63) is 84.3 Å². The zero-order valence-electron chi connectivity index (χ0n) is 15.4. The number of pyridine rings is 2. The Balaban J connectivity index is 1.37. The first kappa shape index (κ1) is 17.8. The van der Waals surface area contributed by atoms with Crippen LogP contribution in [0.25, 0.3) is 23.1 Å². The van der Waals surface area contributed by atoms with Gasteiger partial charge in [-0.25, -0.2) is 4.57 Å². The van der Waals surface area contributed by atoms with Gasteiger partial charge in [0.1, 0.15) is 6.54 Å². The Morgan fingerprint density at radius 2 is 1.68 bits per heavy atom. The van der Waals surface area contributed by atoms with Crippen molar-refractivity contribution in [2.75, 3.05) is 6.54 Å². The summed E-state index contributed by atoms with van der Waals surface area (Å²) in [5, 5.41) is 1.13. The van der Waals surface area contributed by atoms with E-state index in [0.717, 1.165) is 35.0 Å². The number of rotatable bonds is 6. The van der Waals surface area contributed by atoms with Gasteiger partial charge in [0, 0.05) is 48.8 Å². The van der Waals surface area contributed by atoms with Crippen molar-refractivity contribution in [2.45, 2.75) is 13.0 Å². The van der Waals surface area contributed by atoms with Crippen molar-refractivity contribution < 1.29 is 14.2 Å². The smallest absolute Gasteiger partial charge is 0.253 e. The molecule has 28 heavy (non-hydrogen) atoms. The lowest BCUT2D eigenvalue weighted by Crippen LogP contribution is -2.37. The fourth-order valence-corrected chi connectivity index (χ4v) is 3.24. The van der Waals surface area contributed by atoms with E-state index in [2.05, 4.69) is 27.8 Å². The van der Waals surface area contributed by atoms with E-state index in [0.29, 0.717) is 6.54 Å². The molecule has 2 amide bonds. The number of aromatic nitrogens is 2. The van der Waals surface area contributed by atoms with Gasteiger partial charge in [-0.1, -0.05) is 30.4 Å². The number of carbonyl (C=O) groups excluding carboxylic acids is 2. The molecule has 0 bridgehead atoms. The second-order valence-electron chi connectivity index (χ2n) is 6.63. The second-order valence-corrected chi connectivity index (χ2v) is 6.63. The van der Waals surface area contributed by atoms with E-state index in [9.17, 15) is 9.59 Å². The van der Waals surface area contributed by atoms with Crippen molar-refractivity contribution in [3.8, 4) is 0 Å². The summed E-state index contributed by atoms with van der Waals surface area (Å²) >= 11 is 0. The summed E-state index contributed by atoms with van der Waals surface area (Å²) in [6, 6.07) is 14.2. The minimum absolute atomic E-state index is 0.223. The summed E-state index contributed by atoms with van der Waals surface area (Å²) in [5.74, 6) is -0.446. The van der Waals surface area contributed by atoms with Gasteiger partial charge in [-0.2, -0.15) is 0 Å². The van der Waals surface area contributed by atoms with Gasteiger partial charge in [-0.3, -0.25) is 19.5 Å². The molecule has 0 saturated heterocycles. The quantitative estimate of drug-likeness (QED) is 0.495. The molecule has 0 spiro atoms. The molecule has 0 aliphatic carbocycles. The number of hydrogen-bond acceptors (Lipinski definition) is 3. The van der Waals surface area contributed by atoms with Crippen LogP contribution in [0.5, 0.6) is 0 Å². The lowest BCUT2D eigenvalue weighted by atomic mass is 10.1. The Kier molecular flexibility index (Phi) is 5.06. The molecule has 1 aliphatic rings. The molecule has 0 unspecified atom stereocenters. The highest BCUT2D eigenvalue weighted by molar-refractivity contribution is 6.12. The molecular weight excluding hydrogens is 350 g/mol. The fourth-order valence-electron chi connectivity index (χ4n) is 3.24. The van der Waals surface area contributed by atoms with E-state index in [4.69, 9.17) is 0 Å². The minimum atomic E-state index is -0.223. The standard InChI is InChI=1S/C23H20N3O2/c27-22-8-9-23(28)26(22)15-3-14-25-16-11-18(12-17-25)6-7-19-10-13-24-21-5-2-1-4-20(19)21/h1-2,4-13,16-17H,3,14-15H2/q+1/b7-6+. The Bertz CT molecular complexity index is 1060. The van der Waals surface area contributed by atoms with Gasteiger partial charge in [0.25, 0.3) is 11.8 Å². The topological polar surface area (TPSA) is 54.2 Å². The minimum Gasteiger partial charge on any atom is -0.275 e. The fraction of sp³-hybridized carbons (Fsp3) is 0.130. The lowest BCUT2D eigenvalue weighted by Gasteiger charge is -2.11. The molecule has 5 heteroatoms. The van der Waals surface area contributed by atoms with E-state index in [1.54, 1.807) is 0 Å². The Hall–Kier alpha value is -3.60. The molecule has 5 nitrogen and oxygen atoms in total. The molecule has 3 aromatic rings. The maximum absolute atomic E-state index is 11.5. The number of benzene rings is 1. The summed E-state index contributed by atoms with van der Waals surface area (Å²) in [6.07, 6.45) is 13.4. The van der Waals surface area contributed by atoms with E-state index >= 15 is 0 Å². The highest BCUT2D eigenvalue weighted by Crippen LogP contribution is 2.18. The summed E-state index contributed by atoms with van der Waals surface area (Å²) in [4.78, 5) is 28.7. The largest absolute Gasteiger partial charge is 0.275 e. The van der Waals surface area contributed by atoms with Crippen LogP contribution in [0.1, 0.15) is 17.5 Å². The first-order chi connectivity index (χ1) is 13.7. The van der Waals surface area contributed by atoms with Gasteiger partial charge < -0.3 is 0 Å². The second kappa shape index (κ2) is 7.96. The number of aryl methyl sites for hydroxylation is 1.